The number of benzene rings is 1. The fourth-order valence-corrected chi connectivity index (χ4v) is 3.68. The Hall–Kier alpha value is -1.36. The third-order valence-electron chi connectivity index (χ3n) is 4.76. The minimum atomic E-state index is -0.662. The topological polar surface area (TPSA) is 49.4 Å². The maximum atomic E-state index is 12.8. The summed E-state index contributed by atoms with van der Waals surface area (Å²) in [7, 11) is 0. The first-order chi connectivity index (χ1) is 10.0. The Bertz CT molecular complexity index is 572. The molecule has 0 unspecified atom stereocenters. The van der Waals surface area contributed by atoms with Gasteiger partial charge in [-0.3, -0.25) is 9.69 Å². The molecule has 1 saturated carbocycles. The van der Waals surface area contributed by atoms with Gasteiger partial charge < -0.3 is 5.32 Å². The Kier molecular flexibility index (Phi) is 3.78. The van der Waals surface area contributed by atoms with Crippen LogP contribution >= 0.6 is 15.9 Å². The summed E-state index contributed by atoms with van der Waals surface area (Å²) in [4.78, 5) is 26.4. The van der Waals surface area contributed by atoms with Gasteiger partial charge in [0.25, 0.3) is 5.91 Å². The summed E-state index contributed by atoms with van der Waals surface area (Å²) < 4.78 is 0.987. The van der Waals surface area contributed by atoms with Crippen LogP contribution in [0.1, 0.15) is 38.2 Å². The molecule has 3 amide bonds. The predicted molar refractivity (Wildman–Crippen MR) is 83.6 cm³/mol. The van der Waals surface area contributed by atoms with Crippen molar-refractivity contribution in [2.24, 2.45) is 5.92 Å². The number of rotatable bonds is 2. The zero-order valence-corrected chi connectivity index (χ0v) is 13.6. The van der Waals surface area contributed by atoms with Crippen molar-refractivity contribution < 1.29 is 9.59 Å². The molecule has 1 aromatic rings. The molecule has 0 bridgehead atoms. The molecule has 112 valence electrons. The van der Waals surface area contributed by atoms with E-state index < -0.39 is 5.54 Å². The van der Waals surface area contributed by atoms with E-state index in [0.29, 0.717) is 6.54 Å². The van der Waals surface area contributed by atoms with Crippen molar-refractivity contribution in [2.45, 2.75) is 44.7 Å². The number of nitrogens with one attached hydrogen (secondary N) is 1. The number of carbonyl (C=O) groups is 2. The fraction of sp³-hybridized carbons (Fsp3) is 0.500. The van der Waals surface area contributed by atoms with Crippen LogP contribution in [-0.4, -0.2) is 22.4 Å². The van der Waals surface area contributed by atoms with Crippen LogP contribution < -0.4 is 5.32 Å². The van der Waals surface area contributed by atoms with E-state index in [9.17, 15) is 9.59 Å². The Balaban J connectivity index is 1.82. The molecule has 1 saturated heterocycles. The van der Waals surface area contributed by atoms with Gasteiger partial charge in [0.15, 0.2) is 0 Å². The number of amides is 3. The van der Waals surface area contributed by atoms with Gasteiger partial charge in [0, 0.05) is 4.47 Å². The second kappa shape index (κ2) is 5.44. The van der Waals surface area contributed by atoms with Crippen LogP contribution in [0.3, 0.4) is 0 Å². The number of nitrogens with zero attached hydrogens (tertiary/aromatic N) is 1. The van der Waals surface area contributed by atoms with Crippen LogP contribution in [-0.2, 0) is 11.3 Å². The standard InChI is InChI=1S/C16H19BrN2O2/c1-11-4-2-3-9-16(11)14(20)19(15(21)18-16)10-12-5-7-13(17)8-6-12/h5-8,11H,2-4,9-10H2,1H3,(H,18,21)/t11-,16+/m1/s1. The van der Waals surface area contributed by atoms with E-state index in [1.807, 2.05) is 24.3 Å². The molecule has 1 heterocycles. The van der Waals surface area contributed by atoms with Crippen LogP contribution in [0.2, 0.25) is 0 Å². The normalized spacial score (nSPS) is 29.0. The zero-order valence-electron chi connectivity index (χ0n) is 12.1. The highest BCUT2D eigenvalue weighted by Gasteiger charge is 2.54. The molecule has 2 aliphatic rings. The van der Waals surface area contributed by atoms with Crippen LogP contribution in [0.25, 0.3) is 0 Å². The molecule has 5 heteroatoms. The molecule has 1 N–H and O–H groups in total. The second-order valence-corrected chi connectivity index (χ2v) is 6.98. The van der Waals surface area contributed by atoms with Crippen LogP contribution in [0.15, 0.2) is 28.7 Å². The highest BCUT2D eigenvalue weighted by molar-refractivity contribution is 9.10. The van der Waals surface area contributed by atoms with E-state index in [-0.39, 0.29) is 17.9 Å². The number of urea groups is 1. The Morgan fingerprint density at radius 3 is 2.67 bits per heavy atom. The van der Waals surface area contributed by atoms with E-state index in [0.717, 1.165) is 35.7 Å². The molecule has 0 radical (unpaired) electrons. The summed E-state index contributed by atoms with van der Waals surface area (Å²) in [6, 6.07) is 7.45. The van der Waals surface area contributed by atoms with Gasteiger partial charge in [-0.1, -0.05) is 47.8 Å². The lowest BCUT2D eigenvalue weighted by Crippen LogP contribution is -2.53. The third-order valence-corrected chi connectivity index (χ3v) is 5.28. The quantitative estimate of drug-likeness (QED) is 0.830. The molecule has 21 heavy (non-hydrogen) atoms. The number of hydrogen-bond donors (Lipinski definition) is 1. The average Bonchev–Trinajstić information content (AvgIpc) is 2.70. The zero-order chi connectivity index (χ0) is 15.0. The third kappa shape index (κ3) is 2.48. The summed E-state index contributed by atoms with van der Waals surface area (Å²) in [5.41, 5.74) is 0.298. The number of halogens is 1. The van der Waals surface area contributed by atoms with Crippen molar-refractivity contribution in [1.29, 1.82) is 0 Å². The molecule has 1 aromatic carbocycles. The molecule has 4 nitrogen and oxygen atoms in total. The Morgan fingerprint density at radius 1 is 1.29 bits per heavy atom. The second-order valence-electron chi connectivity index (χ2n) is 6.07. The van der Waals surface area contributed by atoms with Gasteiger partial charge in [-0.25, -0.2) is 4.79 Å². The van der Waals surface area contributed by atoms with Crippen molar-refractivity contribution in [3.05, 3.63) is 34.3 Å². The van der Waals surface area contributed by atoms with E-state index in [2.05, 4.69) is 28.2 Å². The number of carbonyl (C=O) groups excluding carboxylic acids is 2. The number of imide groups is 1. The number of hydrogen-bond acceptors (Lipinski definition) is 2. The first-order valence-corrected chi connectivity index (χ1v) is 8.21. The summed E-state index contributed by atoms with van der Waals surface area (Å²) in [5, 5.41) is 2.98. The first-order valence-electron chi connectivity index (χ1n) is 7.41. The average molecular weight is 351 g/mol. The van der Waals surface area contributed by atoms with Crippen molar-refractivity contribution in [3.63, 3.8) is 0 Å². The van der Waals surface area contributed by atoms with E-state index in [4.69, 9.17) is 0 Å². The van der Waals surface area contributed by atoms with Gasteiger partial charge in [-0.05, 0) is 36.5 Å². The maximum absolute atomic E-state index is 12.8. The first kappa shape index (κ1) is 14.6. The summed E-state index contributed by atoms with van der Waals surface area (Å²) >= 11 is 3.39. The molecule has 1 aliphatic heterocycles. The van der Waals surface area contributed by atoms with E-state index >= 15 is 0 Å². The van der Waals surface area contributed by atoms with Crippen molar-refractivity contribution >= 4 is 27.9 Å². The fourth-order valence-electron chi connectivity index (χ4n) is 3.41. The van der Waals surface area contributed by atoms with Crippen molar-refractivity contribution in [2.75, 3.05) is 0 Å². The van der Waals surface area contributed by atoms with Crippen molar-refractivity contribution in [1.82, 2.24) is 10.2 Å². The molecular formula is C16H19BrN2O2. The van der Waals surface area contributed by atoms with Crippen molar-refractivity contribution in [3.8, 4) is 0 Å². The van der Waals surface area contributed by atoms with Gasteiger partial charge in [0.05, 0.1) is 6.54 Å². The van der Waals surface area contributed by atoms with Crippen LogP contribution in [0.5, 0.6) is 0 Å². The lowest BCUT2D eigenvalue weighted by atomic mass is 9.73. The lowest BCUT2D eigenvalue weighted by Gasteiger charge is -2.36. The highest BCUT2D eigenvalue weighted by atomic mass is 79.9. The van der Waals surface area contributed by atoms with Gasteiger partial charge in [-0.15, -0.1) is 0 Å². The minimum absolute atomic E-state index is 0.0531. The molecule has 0 aromatic heterocycles. The van der Waals surface area contributed by atoms with Gasteiger partial charge >= 0.3 is 6.03 Å². The maximum Gasteiger partial charge on any atom is 0.325 e. The monoisotopic (exact) mass is 350 g/mol. The van der Waals surface area contributed by atoms with E-state index in [1.165, 1.54) is 4.90 Å². The van der Waals surface area contributed by atoms with E-state index in [1.54, 1.807) is 0 Å². The smallest absolute Gasteiger partial charge is 0.323 e. The summed E-state index contributed by atoms with van der Waals surface area (Å²) in [6.45, 7) is 2.41. The SMILES string of the molecule is C[C@@H]1CCCC[C@]12NC(=O)N(Cc1ccc(Br)cc1)C2=O. The summed E-state index contributed by atoms with van der Waals surface area (Å²) in [6.07, 6.45) is 3.90. The molecule has 3 rings (SSSR count). The lowest BCUT2D eigenvalue weighted by molar-refractivity contribution is -0.134. The molecule has 1 spiro atoms. The highest BCUT2D eigenvalue weighted by Crippen LogP contribution is 2.38. The Morgan fingerprint density at radius 2 is 2.00 bits per heavy atom. The van der Waals surface area contributed by atoms with Gasteiger partial charge in [0.1, 0.15) is 5.54 Å². The molecule has 1 aliphatic carbocycles. The van der Waals surface area contributed by atoms with Gasteiger partial charge in [0.2, 0.25) is 0 Å². The molecular weight excluding hydrogens is 332 g/mol. The van der Waals surface area contributed by atoms with Gasteiger partial charge in [-0.2, -0.15) is 0 Å². The minimum Gasteiger partial charge on any atom is -0.323 e. The largest absolute Gasteiger partial charge is 0.325 e. The molecule has 2 fully saturated rings. The molecule has 2 atom stereocenters. The van der Waals surface area contributed by atoms with Crippen LogP contribution in [0.4, 0.5) is 4.79 Å². The predicted octanol–water partition coefficient (Wildman–Crippen LogP) is 3.45. The van der Waals surface area contributed by atoms with Crippen LogP contribution in [0, 0.1) is 5.92 Å². The summed E-state index contributed by atoms with van der Waals surface area (Å²) in [5.74, 6) is 0.153. The Labute approximate surface area is 133 Å².